The Balaban J connectivity index is 2.53. The molecular weight excluding hydrogens is 244 g/mol. The number of anilines is 1. The molecule has 0 saturated carbocycles. The minimum Gasteiger partial charge on any atom is -0.324 e. The van der Waals surface area contributed by atoms with E-state index < -0.39 is 0 Å². The van der Waals surface area contributed by atoms with Gasteiger partial charge in [-0.05, 0) is 18.1 Å². The van der Waals surface area contributed by atoms with Crippen molar-refractivity contribution in [2.75, 3.05) is 11.1 Å². The second-order valence-corrected chi connectivity index (χ2v) is 5.83. The fourth-order valence-corrected chi connectivity index (χ4v) is 2.15. The van der Waals surface area contributed by atoms with E-state index >= 15 is 0 Å². The van der Waals surface area contributed by atoms with E-state index in [0.717, 1.165) is 0 Å². The summed E-state index contributed by atoms with van der Waals surface area (Å²) in [4.78, 5) is 11.8. The van der Waals surface area contributed by atoms with Crippen LogP contribution in [-0.4, -0.2) is 16.9 Å². The molecule has 0 aliphatic heterocycles. The molecule has 0 radical (unpaired) electrons. The number of nitriles is 1. The molecule has 1 amide bonds. The Hall–Kier alpha value is -1.47. The molecule has 0 aliphatic rings. The van der Waals surface area contributed by atoms with Crippen LogP contribution in [0.2, 0.25) is 0 Å². The summed E-state index contributed by atoms with van der Waals surface area (Å²) >= 11 is 1.63. The van der Waals surface area contributed by atoms with E-state index in [9.17, 15) is 4.79 Å². The standard InChI is InChI=1S/C14H18N2OS/c1-10(2)11(3)18-9-14(17)16-13-7-5-4-6-12(13)8-15/h4-7,10-11H,9H2,1-3H3,(H,16,17). The summed E-state index contributed by atoms with van der Waals surface area (Å²) in [6, 6.07) is 9.09. The molecule has 1 aromatic carbocycles. The summed E-state index contributed by atoms with van der Waals surface area (Å²) in [5.41, 5.74) is 1.08. The van der Waals surface area contributed by atoms with E-state index in [1.807, 2.05) is 0 Å². The van der Waals surface area contributed by atoms with Gasteiger partial charge in [-0.25, -0.2) is 0 Å². The summed E-state index contributed by atoms with van der Waals surface area (Å²) in [6.45, 7) is 6.40. The van der Waals surface area contributed by atoms with Gasteiger partial charge in [-0.1, -0.05) is 32.9 Å². The number of rotatable bonds is 5. The van der Waals surface area contributed by atoms with E-state index in [2.05, 4.69) is 32.2 Å². The highest BCUT2D eigenvalue weighted by atomic mass is 32.2. The molecule has 4 heteroatoms. The number of thioether (sulfide) groups is 1. The third-order valence-electron chi connectivity index (χ3n) is 2.74. The average molecular weight is 262 g/mol. The predicted molar refractivity (Wildman–Crippen MR) is 76.5 cm³/mol. The number of hydrogen-bond acceptors (Lipinski definition) is 3. The summed E-state index contributed by atoms with van der Waals surface area (Å²) in [7, 11) is 0. The van der Waals surface area contributed by atoms with Gasteiger partial charge in [-0.2, -0.15) is 5.26 Å². The minimum absolute atomic E-state index is 0.0600. The highest BCUT2D eigenvalue weighted by Gasteiger charge is 2.11. The molecule has 96 valence electrons. The Morgan fingerprint density at radius 3 is 2.67 bits per heavy atom. The van der Waals surface area contributed by atoms with Crippen LogP contribution in [0.25, 0.3) is 0 Å². The molecule has 1 aromatic rings. The van der Waals surface area contributed by atoms with Crippen LogP contribution in [0.5, 0.6) is 0 Å². The van der Waals surface area contributed by atoms with Gasteiger partial charge in [-0.3, -0.25) is 4.79 Å². The second-order valence-electron chi connectivity index (χ2n) is 4.47. The quantitative estimate of drug-likeness (QED) is 0.886. The van der Waals surface area contributed by atoms with Gasteiger partial charge < -0.3 is 5.32 Å². The fraction of sp³-hybridized carbons (Fsp3) is 0.429. The van der Waals surface area contributed by atoms with Crippen LogP contribution in [0, 0.1) is 17.2 Å². The highest BCUT2D eigenvalue weighted by Crippen LogP contribution is 2.19. The molecule has 0 fully saturated rings. The maximum atomic E-state index is 11.8. The molecule has 1 atom stereocenters. The van der Waals surface area contributed by atoms with Crippen LogP contribution in [0.3, 0.4) is 0 Å². The van der Waals surface area contributed by atoms with E-state index in [-0.39, 0.29) is 5.91 Å². The number of benzene rings is 1. The third-order valence-corrected chi connectivity index (χ3v) is 4.24. The molecule has 0 aliphatic carbocycles. The molecule has 1 N–H and O–H groups in total. The van der Waals surface area contributed by atoms with Crippen LogP contribution < -0.4 is 5.32 Å². The normalized spacial score (nSPS) is 11.9. The van der Waals surface area contributed by atoms with Crippen LogP contribution in [0.15, 0.2) is 24.3 Å². The van der Waals surface area contributed by atoms with E-state index in [4.69, 9.17) is 5.26 Å². The first-order valence-electron chi connectivity index (χ1n) is 5.95. The van der Waals surface area contributed by atoms with Crippen molar-refractivity contribution >= 4 is 23.4 Å². The Bertz CT molecular complexity index is 451. The van der Waals surface area contributed by atoms with Crippen molar-refractivity contribution in [2.45, 2.75) is 26.0 Å². The second kappa shape index (κ2) is 7.07. The molecule has 18 heavy (non-hydrogen) atoms. The molecule has 0 aromatic heterocycles. The lowest BCUT2D eigenvalue weighted by Crippen LogP contribution is -2.18. The predicted octanol–water partition coefficient (Wildman–Crippen LogP) is 3.27. The van der Waals surface area contributed by atoms with Crippen molar-refractivity contribution in [1.29, 1.82) is 5.26 Å². The van der Waals surface area contributed by atoms with Gasteiger partial charge in [-0.15, -0.1) is 11.8 Å². The largest absolute Gasteiger partial charge is 0.324 e. The average Bonchev–Trinajstić information content (AvgIpc) is 2.36. The van der Waals surface area contributed by atoms with Gasteiger partial charge in [0.1, 0.15) is 6.07 Å². The van der Waals surface area contributed by atoms with E-state index in [1.54, 1.807) is 36.0 Å². The Morgan fingerprint density at radius 2 is 2.06 bits per heavy atom. The van der Waals surface area contributed by atoms with E-state index in [1.165, 1.54) is 0 Å². The van der Waals surface area contributed by atoms with Crippen molar-refractivity contribution in [3.8, 4) is 6.07 Å². The monoisotopic (exact) mass is 262 g/mol. The Kier molecular flexibility index (Phi) is 5.73. The zero-order valence-electron chi connectivity index (χ0n) is 10.9. The fourth-order valence-electron chi connectivity index (χ4n) is 1.28. The number of hydrogen-bond donors (Lipinski definition) is 1. The van der Waals surface area contributed by atoms with Gasteiger partial charge in [0, 0.05) is 5.25 Å². The first kappa shape index (κ1) is 14.6. The molecule has 0 saturated heterocycles. The summed E-state index contributed by atoms with van der Waals surface area (Å²) in [6.07, 6.45) is 0. The Morgan fingerprint density at radius 1 is 1.39 bits per heavy atom. The third kappa shape index (κ3) is 4.42. The lowest BCUT2D eigenvalue weighted by Gasteiger charge is -2.14. The van der Waals surface area contributed by atoms with Gasteiger partial charge in [0.15, 0.2) is 0 Å². The van der Waals surface area contributed by atoms with Crippen molar-refractivity contribution in [3.63, 3.8) is 0 Å². The zero-order valence-corrected chi connectivity index (χ0v) is 11.8. The summed E-state index contributed by atoms with van der Waals surface area (Å²) < 4.78 is 0. The zero-order chi connectivity index (χ0) is 13.5. The van der Waals surface area contributed by atoms with Crippen LogP contribution in [0.1, 0.15) is 26.3 Å². The van der Waals surface area contributed by atoms with E-state index in [0.29, 0.717) is 28.2 Å². The molecule has 1 rings (SSSR count). The first-order chi connectivity index (χ1) is 8.54. The van der Waals surface area contributed by atoms with Crippen molar-refractivity contribution in [1.82, 2.24) is 0 Å². The molecule has 3 nitrogen and oxygen atoms in total. The van der Waals surface area contributed by atoms with Crippen molar-refractivity contribution < 1.29 is 4.79 Å². The number of carbonyl (C=O) groups is 1. The number of nitrogens with one attached hydrogen (secondary N) is 1. The van der Waals surface area contributed by atoms with Crippen LogP contribution in [0.4, 0.5) is 5.69 Å². The summed E-state index contributed by atoms with van der Waals surface area (Å²) in [5, 5.41) is 12.1. The molecule has 0 bridgehead atoms. The molecular formula is C14H18N2OS. The van der Waals surface area contributed by atoms with Crippen molar-refractivity contribution in [3.05, 3.63) is 29.8 Å². The maximum Gasteiger partial charge on any atom is 0.234 e. The van der Waals surface area contributed by atoms with Crippen LogP contribution in [-0.2, 0) is 4.79 Å². The first-order valence-corrected chi connectivity index (χ1v) is 7.00. The van der Waals surface area contributed by atoms with Gasteiger partial charge in [0.2, 0.25) is 5.91 Å². The van der Waals surface area contributed by atoms with Gasteiger partial charge in [0.05, 0.1) is 17.0 Å². The summed E-state index contributed by atoms with van der Waals surface area (Å²) in [5.74, 6) is 0.906. The number of para-hydroxylation sites is 1. The highest BCUT2D eigenvalue weighted by molar-refractivity contribution is 8.00. The molecule has 0 heterocycles. The van der Waals surface area contributed by atoms with Gasteiger partial charge in [0.25, 0.3) is 0 Å². The number of amides is 1. The minimum atomic E-state index is -0.0600. The maximum absolute atomic E-state index is 11.8. The van der Waals surface area contributed by atoms with Gasteiger partial charge >= 0.3 is 0 Å². The molecule has 0 spiro atoms. The number of carbonyl (C=O) groups excluding carboxylic acids is 1. The lowest BCUT2D eigenvalue weighted by atomic mass is 10.2. The van der Waals surface area contributed by atoms with Crippen molar-refractivity contribution in [2.24, 2.45) is 5.92 Å². The van der Waals surface area contributed by atoms with Crippen LogP contribution >= 0.6 is 11.8 Å². The molecule has 1 unspecified atom stereocenters. The topological polar surface area (TPSA) is 52.9 Å². The lowest BCUT2D eigenvalue weighted by molar-refractivity contribution is -0.113. The SMILES string of the molecule is CC(C)C(C)SCC(=O)Nc1ccccc1C#N. The number of nitrogens with zero attached hydrogens (tertiary/aromatic N) is 1. The Labute approximate surface area is 113 Å². The smallest absolute Gasteiger partial charge is 0.234 e.